The fourth-order valence-electron chi connectivity index (χ4n) is 4.14. The van der Waals surface area contributed by atoms with Gasteiger partial charge in [-0.05, 0) is 53.0 Å². The monoisotopic (exact) mass is 456 g/mol. The highest BCUT2D eigenvalue weighted by Gasteiger charge is 2.47. The molecule has 0 fully saturated rings. The highest BCUT2D eigenvalue weighted by molar-refractivity contribution is 6.78. The summed E-state index contributed by atoms with van der Waals surface area (Å²) in [7, 11) is -2.16. The van der Waals surface area contributed by atoms with Crippen molar-refractivity contribution in [2.24, 2.45) is 0 Å². The summed E-state index contributed by atoms with van der Waals surface area (Å²) in [6.45, 7) is 13.3. The molecule has 0 spiro atoms. The molecular formula is C22H27Cl3O2Si. The minimum absolute atomic E-state index is 0.208. The Morgan fingerprint density at radius 3 is 1.89 bits per heavy atom. The van der Waals surface area contributed by atoms with Crippen molar-refractivity contribution in [3.8, 4) is 5.75 Å². The first-order valence-electron chi connectivity index (χ1n) is 9.48. The molecule has 152 valence electrons. The molecule has 0 bridgehead atoms. The third kappa shape index (κ3) is 4.76. The number of hydrogen-bond acceptors (Lipinski definition) is 2. The molecule has 0 heterocycles. The predicted molar refractivity (Wildman–Crippen MR) is 123 cm³/mol. The highest BCUT2D eigenvalue weighted by Crippen LogP contribution is 2.43. The zero-order valence-corrected chi connectivity index (χ0v) is 20.4. The summed E-state index contributed by atoms with van der Waals surface area (Å²) in [6.07, 6.45) is 0. The van der Waals surface area contributed by atoms with E-state index in [-0.39, 0.29) is 5.78 Å². The molecule has 0 amide bonds. The predicted octanol–water partition coefficient (Wildman–Crippen LogP) is 8.43. The van der Waals surface area contributed by atoms with Crippen molar-refractivity contribution in [2.75, 3.05) is 0 Å². The van der Waals surface area contributed by atoms with Crippen LogP contribution in [0.1, 0.15) is 57.5 Å². The van der Waals surface area contributed by atoms with Crippen molar-refractivity contribution in [1.29, 1.82) is 0 Å². The van der Waals surface area contributed by atoms with Gasteiger partial charge in [0.15, 0.2) is 5.78 Å². The van der Waals surface area contributed by atoms with E-state index in [1.54, 1.807) is 36.4 Å². The Hall–Kier alpha value is -1.00. The number of hydrogen-bond donors (Lipinski definition) is 0. The Morgan fingerprint density at radius 2 is 1.39 bits per heavy atom. The van der Waals surface area contributed by atoms with Crippen LogP contribution in [0, 0.1) is 0 Å². The third-order valence-electron chi connectivity index (χ3n) is 5.31. The lowest BCUT2D eigenvalue weighted by atomic mass is 10.0. The van der Waals surface area contributed by atoms with Gasteiger partial charge in [-0.1, -0.05) is 76.3 Å². The van der Waals surface area contributed by atoms with Crippen molar-refractivity contribution in [1.82, 2.24) is 0 Å². The van der Waals surface area contributed by atoms with Gasteiger partial charge in [-0.25, -0.2) is 0 Å². The maximum absolute atomic E-state index is 13.0. The lowest BCUT2D eigenvalue weighted by Gasteiger charge is -2.42. The van der Waals surface area contributed by atoms with E-state index in [1.165, 1.54) is 0 Å². The second-order valence-corrected chi connectivity index (χ2v) is 14.7. The summed E-state index contributed by atoms with van der Waals surface area (Å²) in [6, 6.07) is 10.0. The van der Waals surface area contributed by atoms with E-state index >= 15 is 0 Å². The van der Waals surface area contributed by atoms with Crippen molar-refractivity contribution in [2.45, 2.75) is 58.2 Å². The second-order valence-electron chi connectivity index (χ2n) is 8.05. The van der Waals surface area contributed by atoms with Gasteiger partial charge in [-0.3, -0.25) is 4.79 Å². The molecule has 2 nitrogen and oxygen atoms in total. The van der Waals surface area contributed by atoms with Crippen molar-refractivity contribution in [3.63, 3.8) is 0 Å². The van der Waals surface area contributed by atoms with E-state index in [2.05, 4.69) is 41.5 Å². The second kappa shape index (κ2) is 9.21. The van der Waals surface area contributed by atoms with Crippen LogP contribution in [-0.2, 0) is 0 Å². The SMILES string of the molecule is CC(C)[Si](Oc1cc(Cl)cc(C(=O)c2ccc(Cl)cc2Cl)c1)(C(C)C)C(C)C. The fraction of sp³-hybridized carbons (Fsp3) is 0.409. The molecule has 0 radical (unpaired) electrons. The molecule has 0 aliphatic rings. The Morgan fingerprint density at radius 1 is 0.821 bits per heavy atom. The van der Waals surface area contributed by atoms with E-state index in [0.717, 1.165) is 0 Å². The molecule has 2 aromatic rings. The average molecular weight is 458 g/mol. The molecule has 0 atom stereocenters. The van der Waals surface area contributed by atoms with E-state index < -0.39 is 8.32 Å². The molecule has 0 N–H and O–H groups in total. The lowest BCUT2D eigenvalue weighted by Crippen LogP contribution is -2.50. The highest BCUT2D eigenvalue weighted by atomic mass is 35.5. The van der Waals surface area contributed by atoms with E-state index in [0.29, 0.717) is 48.6 Å². The molecule has 0 saturated heterocycles. The van der Waals surface area contributed by atoms with Crippen LogP contribution in [0.5, 0.6) is 5.75 Å². The Balaban J connectivity index is 2.49. The molecule has 0 aliphatic carbocycles. The minimum atomic E-state index is -2.16. The van der Waals surface area contributed by atoms with Crippen LogP contribution < -0.4 is 4.43 Å². The smallest absolute Gasteiger partial charge is 0.258 e. The summed E-state index contributed by atoms with van der Waals surface area (Å²) >= 11 is 18.5. The van der Waals surface area contributed by atoms with Crippen LogP contribution in [-0.4, -0.2) is 14.1 Å². The largest absolute Gasteiger partial charge is 0.543 e. The van der Waals surface area contributed by atoms with Gasteiger partial charge < -0.3 is 4.43 Å². The van der Waals surface area contributed by atoms with Gasteiger partial charge in [0.25, 0.3) is 8.32 Å². The number of carbonyl (C=O) groups excluding carboxylic acids is 1. The summed E-state index contributed by atoms with van der Waals surface area (Å²) in [4.78, 5) is 13.0. The van der Waals surface area contributed by atoms with Gasteiger partial charge in [0.05, 0.1) is 5.02 Å². The third-order valence-corrected chi connectivity index (χ3v) is 12.1. The summed E-state index contributed by atoms with van der Waals surface area (Å²) in [5.74, 6) is 0.434. The van der Waals surface area contributed by atoms with Crippen LogP contribution in [0.2, 0.25) is 31.7 Å². The number of halogens is 3. The number of ketones is 1. The molecule has 28 heavy (non-hydrogen) atoms. The topological polar surface area (TPSA) is 26.3 Å². The van der Waals surface area contributed by atoms with Crippen molar-refractivity contribution in [3.05, 3.63) is 62.6 Å². The van der Waals surface area contributed by atoms with Crippen molar-refractivity contribution >= 4 is 48.9 Å². The molecule has 0 aromatic heterocycles. The number of benzene rings is 2. The minimum Gasteiger partial charge on any atom is -0.543 e. The first kappa shape index (κ1) is 23.3. The molecule has 0 unspecified atom stereocenters. The van der Waals surface area contributed by atoms with E-state index in [1.807, 2.05) is 0 Å². The molecule has 2 aromatic carbocycles. The molecule has 0 saturated carbocycles. The maximum Gasteiger partial charge on any atom is 0.258 e. The Bertz CT molecular complexity index is 841. The van der Waals surface area contributed by atoms with Crippen LogP contribution in [0.25, 0.3) is 0 Å². The quantitative estimate of drug-likeness (QED) is 0.308. The van der Waals surface area contributed by atoms with E-state index in [9.17, 15) is 4.79 Å². The zero-order chi connectivity index (χ0) is 21.2. The van der Waals surface area contributed by atoms with Crippen LogP contribution in [0.15, 0.2) is 36.4 Å². The first-order chi connectivity index (χ1) is 13.0. The zero-order valence-electron chi connectivity index (χ0n) is 17.1. The maximum atomic E-state index is 13.0. The lowest BCUT2D eigenvalue weighted by molar-refractivity contribution is 0.103. The summed E-state index contributed by atoms with van der Waals surface area (Å²) in [5.41, 5.74) is 2.08. The molecule has 2 rings (SSSR count). The molecule has 0 aliphatic heterocycles. The van der Waals surface area contributed by atoms with Crippen molar-refractivity contribution < 1.29 is 9.22 Å². The number of carbonyl (C=O) groups is 1. The van der Waals surface area contributed by atoms with Crippen LogP contribution in [0.4, 0.5) is 0 Å². The van der Waals surface area contributed by atoms with E-state index in [4.69, 9.17) is 39.2 Å². The summed E-state index contributed by atoms with van der Waals surface area (Å²) in [5, 5.41) is 1.26. The number of rotatable bonds is 7. The molecule has 6 heteroatoms. The normalized spacial score (nSPS) is 12.1. The first-order valence-corrected chi connectivity index (χ1v) is 12.8. The van der Waals surface area contributed by atoms with Gasteiger partial charge in [0.1, 0.15) is 5.75 Å². The Labute approximate surface area is 184 Å². The Kier molecular flexibility index (Phi) is 7.66. The molecular weight excluding hydrogens is 431 g/mol. The fourth-order valence-corrected chi connectivity index (χ4v) is 10.1. The van der Waals surface area contributed by atoms with Crippen LogP contribution in [0.3, 0.4) is 0 Å². The van der Waals surface area contributed by atoms with Gasteiger partial charge >= 0.3 is 0 Å². The van der Waals surface area contributed by atoms with Gasteiger partial charge in [-0.15, -0.1) is 0 Å². The van der Waals surface area contributed by atoms with Gasteiger partial charge in [0, 0.05) is 21.2 Å². The van der Waals surface area contributed by atoms with Gasteiger partial charge in [-0.2, -0.15) is 0 Å². The standard InChI is InChI=1S/C22H27Cl3O2Si/c1-13(2)28(14(3)4,15(5)6)27-19-10-16(9-18(24)11-19)22(26)20-8-7-17(23)12-21(20)25/h7-15H,1-6H3. The summed E-state index contributed by atoms with van der Waals surface area (Å²) < 4.78 is 6.69. The van der Waals surface area contributed by atoms with Gasteiger partial charge in [0.2, 0.25) is 0 Å². The van der Waals surface area contributed by atoms with Crippen LogP contribution >= 0.6 is 34.8 Å². The average Bonchev–Trinajstić information content (AvgIpc) is 2.57.